The zero-order valence-electron chi connectivity index (χ0n) is 13.1. The second-order valence-corrected chi connectivity index (χ2v) is 6.45. The Bertz CT molecular complexity index is 762. The number of hydrogen-bond acceptors (Lipinski definition) is 4. The van der Waals surface area contributed by atoms with Crippen LogP contribution in [0.4, 0.5) is 10.1 Å². The number of carbonyl (C=O) groups is 2. The predicted octanol–water partition coefficient (Wildman–Crippen LogP) is 2.57. The molecule has 5 nitrogen and oxygen atoms in total. The Morgan fingerprint density at radius 2 is 2.21 bits per heavy atom. The molecule has 0 bridgehead atoms. The maximum Gasteiger partial charge on any atom is 0.262 e. The third-order valence-electron chi connectivity index (χ3n) is 3.86. The molecule has 1 unspecified atom stereocenters. The highest BCUT2D eigenvalue weighted by molar-refractivity contribution is 7.12. The molecule has 0 aliphatic carbocycles. The average Bonchev–Trinajstić information content (AvgIpc) is 3.15. The first-order valence-electron chi connectivity index (χ1n) is 7.51. The van der Waals surface area contributed by atoms with Crippen LogP contribution in [0.3, 0.4) is 0 Å². The van der Waals surface area contributed by atoms with Crippen LogP contribution >= 0.6 is 11.3 Å². The number of anilines is 1. The highest BCUT2D eigenvalue weighted by Gasteiger charge is 2.33. The number of nitrogens with one attached hydrogen (secondary N) is 1. The van der Waals surface area contributed by atoms with Gasteiger partial charge in [0, 0.05) is 25.6 Å². The molecule has 1 aliphatic rings. The summed E-state index contributed by atoms with van der Waals surface area (Å²) in [5.41, 5.74) is 1.06. The second-order valence-electron chi connectivity index (χ2n) is 5.54. The second kappa shape index (κ2) is 7.11. The number of ether oxygens (including phenoxy) is 1. The van der Waals surface area contributed by atoms with E-state index in [0.29, 0.717) is 11.5 Å². The van der Waals surface area contributed by atoms with Gasteiger partial charge in [-0.15, -0.1) is 11.3 Å². The maximum absolute atomic E-state index is 13.9. The molecular weight excluding hydrogens is 331 g/mol. The first kappa shape index (κ1) is 16.6. The summed E-state index contributed by atoms with van der Waals surface area (Å²) in [6.07, 6.45) is 0.158. The van der Waals surface area contributed by atoms with Crippen LogP contribution in [0.25, 0.3) is 0 Å². The third kappa shape index (κ3) is 3.32. The van der Waals surface area contributed by atoms with Crippen molar-refractivity contribution < 1.29 is 18.7 Å². The van der Waals surface area contributed by atoms with Crippen molar-refractivity contribution in [3.05, 3.63) is 52.0 Å². The number of rotatable bonds is 5. The molecule has 2 heterocycles. The van der Waals surface area contributed by atoms with Gasteiger partial charge in [-0.25, -0.2) is 4.39 Å². The fraction of sp³-hybridized carbons (Fsp3) is 0.294. The van der Waals surface area contributed by atoms with E-state index in [-0.39, 0.29) is 36.5 Å². The highest BCUT2D eigenvalue weighted by Crippen LogP contribution is 2.25. The summed E-state index contributed by atoms with van der Waals surface area (Å²) in [5, 5.41) is 4.69. The van der Waals surface area contributed by atoms with Gasteiger partial charge in [0.1, 0.15) is 5.82 Å². The molecule has 3 rings (SSSR count). The van der Waals surface area contributed by atoms with Gasteiger partial charge in [-0.1, -0.05) is 12.1 Å². The molecule has 0 saturated carbocycles. The Morgan fingerprint density at radius 3 is 2.96 bits per heavy atom. The van der Waals surface area contributed by atoms with Crippen molar-refractivity contribution in [3.8, 4) is 0 Å². The van der Waals surface area contributed by atoms with Crippen molar-refractivity contribution in [1.29, 1.82) is 0 Å². The minimum absolute atomic E-state index is 0.158. The molecule has 126 valence electrons. The lowest BCUT2D eigenvalue weighted by Crippen LogP contribution is -2.37. The smallest absolute Gasteiger partial charge is 0.262 e. The van der Waals surface area contributed by atoms with E-state index in [1.165, 1.54) is 22.3 Å². The van der Waals surface area contributed by atoms with Crippen LogP contribution in [-0.4, -0.2) is 31.5 Å². The standard InChI is InChI=1S/C17H17FN2O3S/c1-23-10-11-6-7-24-16(11)17(22)19-12-8-15(21)20(9-12)14-5-3-2-4-13(14)18/h2-7,12H,8-10H2,1H3,(H,19,22). The SMILES string of the molecule is COCc1ccsc1C(=O)NC1CC(=O)N(c2ccccc2F)C1. The fourth-order valence-corrected chi connectivity index (χ4v) is 3.58. The van der Waals surface area contributed by atoms with Crippen LogP contribution in [0.15, 0.2) is 35.7 Å². The van der Waals surface area contributed by atoms with Crippen molar-refractivity contribution in [2.24, 2.45) is 0 Å². The average molecular weight is 348 g/mol. The number of benzene rings is 1. The minimum atomic E-state index is -0.446. The number of carbonyl (C=O) groups excluding carboxylic acids is 2. The number of amides is 2. The number of thiophene rings is 1. The lowest BCUT2D eigenvalue weighted by Gasteiger charge is -2.17. The van der Waals surface area contributed by atoms with Gasteiger partial charge >= 0.3 is 0 Å². The monoisotopic (exact) mass is 348 g/mol. The van der Waals surface area contributed by atoms with E-state index in [1.807, 2.05) is 11.4 Å². The normalized spacial score (nSPS) is 17.3. The molecule has 1 N–H and O–H groups in total. The van der Waals surface area contributed by atoms with E-state index >= 15 is 0 Å². The van der Waals surface area contributed by atoms with Gasteiger partial charge in [-0.3, -0.25) is 9.59 Å². The molecule has 0 radical (unpaired) electrons. The molecule has 2 aromatic rings. The summed E-state index contributed by atoms with van der Waals surface area (Å²) in [6.45, 7) is 0.619. The Hall–Kier alpha value is -2.25. The van der Waals surface area contributed by atoms with Gasteiger partial charge < -0.3 is 15.0 Å². The van der Waals surface area contributed by atoms with Gasteiger partial charge in [0.05, 0.1) is 23.2 Å². The lowest BCUT2D eigenvalue weighted by atomic mass is 10.2. The predicted molar refractivity (Wildman–Crippen MR) is 89.7 cm³/mol. The van der Waals surface area contributed by atoms with Crippen molar-refractivity contribution >= 4 is 28.8 Å². The zero-order valence-corrected chi connectivity index (χ0v) is 13.9. The number of nitrogens with zero attached hydrogens (tertiary/aromatic N) is 1. The van der Waals surface area contributed by atoms with Gasteiger partial charge in [0.25, 0.3) is 5.91 Å². The van der Waals surface area contributed by atoms with E-state index < -0.39 is 5.82 Å². The minimum Gasteiger partial charge on any atom is -0.380 e. The molecular formula is C17H17FN2O3S. The first-order chi connectivity index (χ1) is 11.6. The number of para-hydroxylation sites is 1. The van der Waals surface area contributed by atoms with Crippen LogP contribution in [0.1, 0.15) is 21.7 Å². The molecule has 24 heavy (non-hydrogen) atoms. The van der Waals surface area contributed by atoms with Gasteiger partial charge in [0.15, 0.2) is 0 Å². The van der Waals surface area contributed by atoms with Gasteiger partial charge in [-0.2, -0.15) is 0 Å². The topological polar surface area (TPSA) is 58.6 Å². The van der Waals surface area contributed by atoms with Crippen LogP contribution in [0.2, 0.25) is 0 Å². The Kier molecular flexibility index (Phi) is 4.92. The zero-order chi connectivity index (χ0) is 17.1. The molecule has 1 aromatic carbocycles. The molecule has 2 amide bonds. The maximum atomic E-state index is 13.9. The Labute approximate surface area is 143 Å². The molecule has 1 aromatic heterocycles. The van der Waals surface area contributed by atoms with Gasteiger partial charge in [-0.05, 0) is 23.6 Å². The van der Waals surface area contributed by atoms with Crippen molar-refractivity contribution in [1.82, 2.24) is 5.32 Å². The van der Waals surface area contributed by atoms with E-state index in [4.69, 9.17) is 4.74 Å². The van der Waals surface area contributed by atoms with E-state index in [0.717, 1.165) is 5.56 Å². The number of halogens is 1. The van der Waals surface area contributed by atoms with Crippen molar-refractivity contribution in [2.75, 3.05) is 18.6 Å². The third-order valence-corrected chi connectivity index (χ3v) is 4.81. The van der Waals surface area contributed by atoms with E-state index in [2.05, 4.69) is 5.32 Å². The van der Waals surface area contributed by atoms with Crippen LogP contribution < -0.4 is 10.2 Å². The molecule has 7 heteroatoms. The van der Waals surface area contributed by atoms with Gasteiger partial charge in [0.2, 0.25) is 5.91 Å². The van der Waals surface area contributed by atoms with Crippen molar-refractivity contribution in [2.45, 2.75) is 19.1 Å². The molecule has 0 spiro atoms. The van der Waals surface area contributed by atoms with Crippen LogP contribution in [0, 0.1) is 5.82 Å². The summed E-state index contributed by atoms with van der Waals surface area (Å²) < 4.78 is 18.9. The molecule has 1 saturated heterocycles. The summed E-state index contributed by atoms with van der Waals surface area (Å²) >= 11 is 1.33. The molecule has 1 atom stereocenters. The van der Waals surface area contributed by atoms with Crippen LogP contribution in [0.5, 0.6) is 0 Å². The Morgan fingerprint density at radius 1 is 1.42 bits per heavy atom. The quantitative estimate of drug-likeness (QED) is 0.903. The Balaban J connectivity index is 1.69. The first-order valence-corrected chi connectivity index (χ1v) is 8.39. The summed E-state index contributed by atoms with van der Waals surface area (Å²) in [6, 6.07) is 7.63. The molecule has 1 fully saturated rings. The highest BCUT2D eigenvalue weighted by atomic mass is 32.1. The van der Waals surface area contributed by atoms with Crippen LogP contribution in [-0.2, 0) is 16.1 Å². The van der Waals surface area contributed by atoms with E-state index in [1.54, 1.807) is 25.3 Å². The summed E-state index contributed by atoms with van der Waals surface area (Å²) in [7, 11) is 1.57. The summed E-state index contributed by atoms with van der Waals surface area (Å²) in [4.78, 5) is 26.5. The molecule has 1 aliphatic heterocycles. The lowest BCUT2D eigenvalue weighted by molar-refractivity contribution is -0.117. The number of hydrogen-bond donors (Lipinski definition) is 1. The van der Waals surface area contributed by atoms with E-state index in [9.17, 15) is 14.0 Å². The van der Waals surface area contributed by atoms with Crippen molar-refractivity contribution in [3.63, 3.8) is 0 Å². The summed E-state index contributed by atoms with van der Waals surface area (Å²) in [5.74, 6) is -0.877. The largest absolute Gasteiger partial charge is 0.380 e. The fourth-order valence-electron chi connectivity index (χ4n) is 2.76. The number of methoxy groups -OCH3 is 1.